The highest BCUT2D eigenvalue weighted by Gasteiger charge is 2.39. The van der Waals surface area contributed by atoms with Crippen LogP contribution in [0.3, 0.4) is 0 Å². The van der Waals surface area contributed by atoms with E-state index in [-0.39, 0.29) is 17.9 Å². The summed E-state index contributed by atoms with van der Waals surface area (Å²) < 4.78 is 5.26. The molecule has 0 radical (unpaired) electrons. The third-order valence-corrected chi connectivity index (χ3v) is 6.25. The number of nitrogens with one attached hydrogen (secondary N) is 1. The van der Waals surface area contributed by atoms with Crippen LogP contribution in [0.4, 0.5) is 0 Å². The van der Waals surface area contributed by atoms with E-state index in [1.165, 1.54) is 24.8 Å². The fourth-order valence-corrected chi connectivity index (χ4v) is 4.77. The summed E-state index contributed by atoms with van der Waals surface area (Å²) in [5, 5.41) is 3.28. The van der Waals surface area contributed by atoms with Crippen LogP contribution in [0, 0.1) is 5.92 Å². The van der Waals surface area contributed by atoms with Gasteiger partial charge in [-0.3, -0.25) is 14.9 Å². The molecule has 1 aromatic rings. The van der Waals surface area contributed by atoms with Crippen LogP contribution < -0.4 is 5.32 Å². The van der Waals surface area contributed by atoms with Crippen molar-refractivity contribution in [3.05, 3.63) is 35.9 Å². The number of esters is 1. The lowest BCUT2D eigenvalue weighted by atomic mass is 9.85. The predicted molar refractivity (Wildman–Crippen MR) is 121 cm³/mol. The fraction of sp³-hybridized carbons (Fsp3) is 0.680. The largest absolute Gasteiger partial charge is 0.465 e. The van der Waals surface area contributed by atoms with Gasteiger partial charge in [-0.2, -0.15) is 0 Å². The van der Waals surface area contributed by atoms with E-state index in [0.29, 0.717) is 25.0 Å². The van der Waals surface area contributed by atoms with Gasteiger partial charge in [0, 0.05) is 12.6 Å². The molecule has 0 aromatic heterocycles. The van der Waals surface area contributed by atoms with E-state index in [9.17, 15) is 9.59 Å². The van der Waals surface area contributed by atoms with Crippen LogP contribution in [-0.4, -0.2) is 48.1 Å². The first-order valence-corrected chi connectivity index (χ1v) is 11.9. The van der Waals surface area contributed by atoms with Crippen LogP contribution in [0.2, 0.25) is 0 Å². The van der Waals surface area contributed by atoms with Gasteiger partial charge in [0.25, 0.3) is 0 Å². The number of fused-ring (bicyclic) bond motifs is 1. The Balaban J connectivity index is 0.00000155. The summed E-state index contributed by atoms with van der Waals surface area (Å²) in [5.41, 5.74) is 1.18. The molecule has 0 bridgehead atoms. The lowest BCUT2D eigenvalue weighted by Gasteiger charge is -2.34. The average molecular weight is 417 g/mol. The van der Waals surface area contributed by atoms with Gasteiger partial charge >= 0.3 is 5.97 Å². The van der Waals surface area contributed by atoms with Crippen LogP contribution in [-0.2, 0) is 20.7 Å². The Bertz CT molecular complexity index is 649. The molecule has 1 amide bonds. The molecule has 0 spiro atoms. The Morgan fingerprint density at radius 1 is 1.13 bits per heavy atom. The van der Waals surface area contributed by atoms with Gasteiger partial charge in [-0.05, 0) is 57.4 Å². The number of hydrogen-bond donors (Lipinski definition) is 1. The summed E-state index contributed by atoms with van der Waals surface area (Å²) in [6.07, 6.45) is 7.39. The van der Waals surface area contributed by atoms with E-state index in [1.54, 1.807) is 0 Å². The molecule has 3 rings (SSSR count). The van der Waals surface area contributed by atoms with E-state index < -0.39 is 6.04 Å². The number of carbonyl (C=O) groups is 2. The average Bonchev–Trinajstić information content (AvgIpc) is 3.22. The topological polar surface area (TPSA) is 58.6 Å². The number of ether oxygens (including phenoxy) is 1. The second-order valence-electron chi connectivity index (χ2n) is 8.15. The van der Waals surface area contributed by atoms with Crippen molar-refractivity contribution in [3.8, 4) is 0 Å². The van der Waals surface area contributed by atoms with Gasteiger partial charge in [-0.1, -0.05) is 57.0 Å². The minimum absolute atomic E-state index is 0.128. The van der Waals surface area contributed by atoms with Crippen LogP contribution in [0.1, 0.15) is 71.8 Å². The quantitative estimate of drug-likeness (QED) is 0.640. The van der Waals surface area contributed by atoms with Gasteiger partial charge < -0.3 is 9.64 Å². The van der Waals surface area contributed by atoms with Crippen LogP contribution in [0.5, 0.6) is 0 Å². The van der Waals surface area contributed by atoms with Crippen molar-refractivity contribution in [2.45, 2.75) is 90.8 Å². The maximum Gasteiger partial charge on any atom is 0.323 e. The Labute approximate surface area is 182 Å². The second-order valence-corrected chi connectivity index (χ2v) is 8.15. The number of hydrogen-bond acceptors (Lipinski definition) is 4. The van der Waals surface area contributed by atoms with Crippen molar-refractivity contribution >= 4 is 11.9 Å². The molecule has 1 saturated carbocycles. The zero-order chi connectivity index (χ0) is 21.9. The molecule has 5 heteroatoms. The summed E-state index contributed by atoms with van der Waals surface area (Å²) >= 11 is 0. The molecule has 2 aliphatic rings. The third-order valence-electron chi connectivity index (χ3n) is 6.25. The summed E-state index contributed by atoms with van der Waals surface area (Å²) in [5.74, 6) is 0.530. The summed E-state index contributed by atoms with van der Waals surface area (Å²) in [7, 11) is 0. The molecule has 5 nitrogen and oxygen atoms in total. The van der Waals surface area contributed by atoms with Crippen molar-refractivity contribution in [3.63, 3.8) is 0 Å². The zero-order valence-electron chi connectivity index (χ0n) is 19.2. The van der Waals surface area contributed by atoms with Crippen LogP contribution >= 0.6 is 0 Å². The lowest BCUT2D eigenvalue weighted by Crippen LogP contribution is -2.52. The van der Waals surface area contributed by atoms with Crippen molar-refractivity contribution in [1.82, 2.24) is 10.2 Å². The van der Waals surface area contributed by atoms with Crippen molar-refractivity contribution in [2.24, 2.45) is 5.92 Å². The molecular formula is C25H40N2O3. The zero-order valence-corrected chi connectivity index (χ0v) is 19.2. The maximum absolute atomic E-state index is 13.1. The molecule has 2 fully saturated rings. The van der Waals surface area contributed by atoms with Crippen molar-refractivity contribution in [2.75, 3.05) is 13.2 Å². The normalized spacial score (nSPS) is 22.3. The predicted octanol–water partition coefficient (Wildman–Crippen LogP) is 4.35. The number of carbonyl (C=O) groups excluding carboxylic acids is 2. The molecule has 168 valence electrons. The Kier molecular flexibility index (Phi) is 10.4. The van der Waals surface area contributed by atoms with Crippen LogP contribution in [0.25, 0.3) is 0 Å². The smallest absolute Gasteiger partial charge is 0.323 e. The molecule has 4 unspecified atom stereocenters. The van der Waals surface area contributed by atoms with E-state index in [4.69, 9.17) is 4.74 Å². The standard InChI is InChI=1S/C23H34N2O3.C2H6/c1-3-28-23(27)20(14-13-18-9-5-4-6-10-18)24-17(2)22(26)25-16-15-19-11-7-8-12-21(19)25;1-2/h4-6,9-10,17,19-21,24H,3,7-8,11-16H2,1-2H3;1-2H3. The molecule has 1 aliphatic heterocycles. The van der Waals surface area contributed by atoms with Crippen LogP contribution in [0.15, 0.2) is 30.3 Å². The molecular weight excluding hydrogens is 376 g/mol. The highest BCUT2D eigenvalue weighted by Crippen LogP contribution is 2.36. The highest BCUT2D eigenvalue weighted by molar-refractivity contribution is 5.83. The molecule has 30 heavy (non-hydrogen) atoms. The molecule has 1 N–H and O–H groups in total. The SMILES string of the molecule is CC.CCOC(=O)C(CCc1ccccc1)NC(C)C(=O)N1CCC2CCCCC21. The van der Waals surface area contributed by atoms with E-state index in [2.05, 4.69) is 22.3 Å². The Hall–Kier alpha value is -1.88. The molecule has 4 atom stereocenters. The van der Waals surface area contributed by atoms with Crippen molar-refractivity contribution in [1.29, 1.82) is 0 Å². The molecule has 1 aromatic carbocycles. The number of nitrogens with zero attached hydrogens (tertiary/aromatic N) is 1. The van der Waals surface area contributed by atoms with E-state index >= 15 is 0 Å². The number of rotatable bonds is 8. The van der Waals surface area contributed by atoms with E-state index in [0.717, 1.165) is 25.8 Å². The summed E-state index contributed by atoms with van der Waals surface area (Å²) in [6.45, 7) is 8.90. The van der Waals surface area contributed by atoms with Gasteiger partial charge in [0.1, 0.15) is 6.04 Å². The number of aryl methyl sites for hydroxylation is 1. The number of benzene rings is 1. The first-order chi connectivity index (χ1) is 14.6. The Morgan fingerprint density at radius 2 is 1.83 bits per heavy atom. The number of amides is 1. The monoisotopic (exact) mass is 416 g/mol. The molecule has 1 heterocycles. The minimum Gasteiger partial charge on any atom is -0.465 e. The minimum atomic E-state index is -0.469. The Morgan fingerprint density at radius 3 is 2.53 bits per heavy atom. The van der Waals surface area contributed by atoms with Gasteiger partial charge in [-0.25, -0.2) is 0 Å². The lowest BCUT2D eigenvalue weighted by molar-refractivity contribution is -0.146. The van der Waals surface area contributed by atoms with Gasteiger partial charge in [0.05, 0.1) is 12.6 Å². The summed E-state index contributed by atoms with van der Waals surface area (Å²) in [6, 6.07) is 9.66. The molecule has 1 saturated heterocycles. The highest BCUT2D eigenvalue weighted by atomic mass is 16.5. The fourth-order valence-electron chi connectivity index (χ4n) is 4.77. The maximum atomic E-state index is 13.1. The second kappa shape index (κ2) is 12.7. The number of likely N-dealkylation sites (tertiary alicyclic amines) is 1. The van der Waals surface area contributed by atoms with E-state index in [1.807, 2.05) is 45.9 Å². The summed E-state index contributed by atoms with van der Waals surface area (Å²) in [4.78, 5) is 27.6. The third kappa shape index (κ3) is 6.56. The van der Waals surface area contributed by atoms with Gasteiger partial charge in [0.2, 0.25) is 5.91 Å². The first kappa shape index (κ1) is 24.4. The van der Waals surface area contributed by atoms with Crippen molar-refractivity contribution < 1.29 is 14.3 Å². The first-order valence-electron chi connectivity index (χ1n) is 11.9. The van der Waals surface area contributed by atoms with Gasteiger partial charge in [-0.15, -0.1) is 0 Å². The van der Waals surface area contributed by atoms with Gasteiger partial charge in [0.15, 0.2) is 0 Å². The molecule has 1 aliphatic carbocycles.